The topological polar surface area (TPSA) is 38.3 Å². The van der Waals surface area contributed by atoms with E-state index in [1.165, 1.54) is 0 Å². The number of benzene rings is 1. The third kappa shape index (κ3) is 6.97. The van der Waals surface area contributed by atoms with Gasteiger partial charge < -0.3 is 10.1 Å². The van der Waals surface area contributed by atoms with Crippen molar-refractivity contribution in [3.63, 3.8) is 0 Å². The van der Waals surface area contributed by atoms with Gasteiger partial charge in [0.1, 0.15) is 0 Å². The summed E-state index contributed by atoms with van der Waals surface area (Å²) in [5.74, 6) is -0.0422. The van der Waals surface area contributed by atoms with Crippen LogP contribution in [0.15, 0.2) is 24.3 Å². The fourth-order valence-electron chi connectivity index (χ4n) is 1.52. The molecule has 0 fully saturated rings. The van der Waals surface area contributed by atoms with E-state index >= 15 is 0 Å². The van der Waals surface area contributed by atoms with Gasteiger partial charge in [0, 0.05) is 18.7 Å². The van der Waals surface area contributed by atoms with Crippen molar-refractivity contribution in [1.82, 2.24) is 5.32 Å². The number of carbonyl (C=O) groups is 1. The lowest BCUT2D eigenvalue weighted by Gasteiger charge is -2.17. The Hall–Kier alpha value is -1.35. The van der Waals surface area contributed by atoms with E-state index in [4.69, 9.17) is 4.74 Å². The van der Waals surface area contributed by atoms with Gasteiger partial charge in [-0.25, -0.2) is 0 Å². The second-order valence-corrected chi connectivity index (χ2v) is 6.04. The molecule has 0 spiro atoms. The zero-order valence-electron chi connectivity index (χ0n) is 12.5. The predicted molar refractivity (Wildman–Crippen MR) is 78.4 cm³/mol. The van der Waals surface area contributed by atoms with Crippen molar-refractivity contribution in [1.29, 1.82) is 0 Å². The Morgan fingerprint density at radius 2 is 1.79 bits per heavy atom. The number of carbonyl (C=O) groups excluding carboxylic acids is 1. The van der Waals surface area contributed by atoms with Crippen LogP contribution in [0.3, 0.4) is 0 Å². The number of hydrogen-bond acceptors (Lipinski definition) is 2. The van der Waals surface area contributed by atoms with E-state index < -0.39 is 0 Å². The fourth-order valence-corrected chi connectivity index (χ4v) is 1.52. The monoisotopic (exact) mass is 263 g/mol. The van der Waals surface area contributed by atoms with Crippen LogP contribution < -0.4 is 5.32 Å². The van der Waals surface area contributed by atoms with E-state index in [-0.39, 0.29) is 5.91 Å². The van der Waals surface area contributed by atoms with E-state index in [1.807, 2.05) is 31.2 Å². The quantitative estimate of drug-likeness (QED) is 0.801. The highest BCUT2D eigenvalue weighted by molar-refractivity contribution is 5.94. The summed E-state index contributed by atoms with van der Waals surface area (Å²) in [4.78, 5) is 11.8. The molecular weight excluding hydrogens is 238 g/mol. The van der Waals surface area contributed by atoms with E-state index in [0.29, 0.717) is 24.1 Å². The third-order valence-corrected chi connectivity index (χ3v) is 2.84. The van der Waals surface area contributed by atoms with Crippen molar-refractivity contribution in [2.45, 2.75) is 34.1 Å². The van der Waals surface area contributed by atoms with Gasteiger partial charge in [-0.15, -0.1) is 0 Å². The maximum absolute atomic E-state index is 11.8. The largest absolute Gasteiger partial charge is 0.380 e. The molecule has 106 valence electrons. The van der Waals surface area contributed by atoms with Crippen molar-refractivity contribution < 1.29 is 9.53 Å². The highest BCUT2D eigenvalue weighted by atomic mass is 16.5. The van der Waals surface area contributed by atoms with Crippen LogP contribution in [0.1, 0.15) is 43.1 Å². The number of aryl methyl sites for hydroxylation is 1. The Bertz CT molecular complexity index is 390. The zero-order chi connectivity index (χ0) is 14.3. The maximum atomic E-state index is 11.8. The van der Waals surface area contributed by atoms with E-state index in [1.54, 1.807) is 0 Å². The summed E-state index contributed by atoms with van der Waals surface area (Å²) in [5.41, 5.74) is 2.15. The highest BCUT2D eigenvalue weighted by Gasteiger charge is 2.09. The highest BCUT2D eigenvalue weighted by Crippen LogP contribution is 2.17. The lowest BCUT2D eigenvalue weighted by molar-refractivity contribution is 0.0883. The van der Waals surface area contributed by atoms with Crippen LogP contribution >= 0.6 is 0 Å². The minimum absolute atomic E-state index is 0.0422. The summed E-state index contributed by atoms with van der Waals surface area (Å²) in [6.45, 7) is 10.4. The van der Waals surface area contributed by atoms with Gasteiger partial charge in [0.05, 0.1) is 6.61 Å². The van der Waals surface area contributed by atoms with Crippen LogP contribution in [0.2, 0.25) is 0 Å². The summed E-state index contributed by atoms with van der Waals surface area (Å²) in [5, 5.41) is 2.85. The molecule has 0 saturated heterocycles. The van der Waals surface area contributed by atoms with Crippen LogP contribution in [0, 0.1) is 12.3 Å². The first-order chi connectivity index (χ1) is 8.88. The molecule has 0 saturated carbocycles. The number of rotatable bonds is 6. The van der Waals surface area contributed by atoms with E-state index in [2.05, 4.69) is 26.1 Å². The van der Waals surface area contributed by atoms with Gasteiger partial charge >= 0.3 is 0 Å². The summed E-state index contributed by atoms with van der Waals surface area (Å²) < 4.78 is 5.50. The molecule has 3 nitrogen and oxygen atoms in total. The minimum Gasteiger partial charge on any atom is -0.380 e. The average Bonchev–Trinajstić information content (AvgIpc) is 2.33. The van der Waals surface area contributed by atoms with Crippen molar-refractivity contribution in [2.24, 2.45) is 5.41 Å². The van der Waals surface area contributed by atoms with Crippen LogP contribution in [-0.4, -0.2) is 25.7 Å². The Balaban J connectivity index is 2.16. The van der Waals surface area contributed by atoms with Crippen molar-refractivity contribution in [2.75, 3.05) is 19.8 Å². The van der Waals surface area contributed by atoms with Crippen LogP contribution in [0.5, 0.6) is 0 Å². The molecule has 0 aliphatic carbocycles. The third-order valence-electron chi connectivity index (χ3n) is 2.84. The van der Waals surface area contributed by atoms with E-state index in [9.17, 15) is 4.79 Å². The molecule has 0 radical (unpaired) electrons. The molecule has 0 aromatic heterocycles. The maximum Gasteiger partial charge on any atom is 0.251 e. The van der Waals surface area contributed by atoms with Crippen LogP contribution in [0.25, 0.3) is 0 Å². The molecule has 0 atom stereocenters. The predicted octanol–water partition coefficient (Wildman–Crippen LogP) is 3.18. The molecule has 3 heteroatoms. The lowest BCUT2D eigenvalue weighted by Crippen LogP contribution is -2.27. The summed E-state index contributed by atoms with van der Waals surface area (Å²) in [7, 11) is 0. The first-order valence-corrected chi connectivity index (χ1v) is 6.81. The molecule has 1 aromatic carbocycles. The Kier molecular flexibility index (Phi) is 6.03. The number of hydrogen-bond donors (Lipinski definition) is 1. The van der Waals surface area contributed by atoms with Gasteiger partial charge in [-0.3, -0.25) is 4.79 Å². The first kappa shape index (κ1) is 15.7. The molecule has 19 heavy (non-hydrogen) atoms. The molecule has 0 bridgehead atoms. The molecule has 1 aromatic rings. The van der Waals surface area contributed by atoms with Gasteiger partial charge in [-0.05, 0) is 30.9 Å². The first-order valence-electron chi connectivity index (χ1n) is 6.81. The van der Waals surface area contributed by atoms with Crippen LogP contribution in [0.4, 0.5) is 0 Å². The summed E-state index contributed by atoms with van der Waals surface area (Å²) in [6.07, 6.45) is 1.03. The molecule has 0 aliphatic rings. The van der Waals surface area contributed by atoms with Gasteiger partial charge in [0.25, 0.3) is 5.91 Å². The molecule has 1 N–H and O–H groups in total. The summed E-state index contributed by atoms with van der Waals surface area (Å²) in [6, 6.07) is 7.56. The summed E-state index contributed by atoms with van der Waals surface area (Å²) >= 11 is 0. The van der Waals surface area contributed by atoms with Gasteiger partial charge in [0.2, 0.25) is 0 Å². The zero-order valence-corrected chi connectivity index (χ0v) is 12.5. The number of ether oxygens (including phenoxy) is 1. The number of nitrogens with one attached hydrogen (secondary N) is 1. The SMILES string of the molecule is Cc1ccc(C(=O)NCCOCCC(C)(C)C)cc1. The molecular formula is C16H25NO2. The lowest BCUT2D eigenvalue weighted by atomic mass is 9.93. The second-order valence-electron chi connectivity index (χ2n) is 6.04. The molecule has 0 aliphatic heterocycles. The molecule has 0 heterocycles. The van der Waals surface area contributed by atoms with Gasteiger partial charge in [0.15, 0.2) is 0 Å². The second kappa shape index (κ2) is 7.29. The fraction of sp³-hybridized carbons (Fsp3) is 0.562. The number of amides is 1. The molecule has 0 unspecified atom stereocenters. The van der Waals surface area contributed by atoms with Gasteiger partial charge in [-0.2, -0.15) is 0 Å². The van der Waals surface area contributed by atoms with Crippen molar-refractivity contribution >= 4 is 5.91 Å². The normalized spacial score (nSPS) is 11.4. The standard InChI is InChI=1S/C16H25NO2/c1-13-5-7-14(8-6-13)15(18)17-10-12-19-11-9-16(2,3)4/h5-8H,9-12H2,1-4H3,(H,17,18). The molecule has 1 rings (SSSR count). The van der Waals surface area contributed by atoms with Crippen molar-refractivity contribution in [3.05, 3.63) is 35.4 Å². The van der Waals surface area contributed by atoms with Crippen molar-refractivity contribution in [3.8, 4) is 0 Å². The smallest absolute Gasteiger partial charge is 0.251 e. The average molecular weight is 263 g/mol. The Labute approximate surface area is 116 Å². The van der Waals surface area contributed by atoms with E-state index in [0.717, 1.165) is 18.6 Å². The van der Waals surface area contributed by atoms with Gasteiger partial charge in [-0.1, -0.05) is 38.5 Å². The minimum atomic E-state index is -0.0422. The Morgan fingerprint density at radius 1 is 1.16 bits per heavy atom. The van der Waals surface area contributed by atoms with Crippen LogP contribution in [-0.2, 0) is 4.74 Å². The Morgan fingerprint density at radius 3 is 2.37 bits per heavy atom. The molecule has 1 amide bonds.